The third kappa shape index (κ3) is 4.40. The van der Waals surface area contributed by atoms with Crippen molar-refractivity contribution in [3.8, 4) is 44.5 Å². The minimum atomic E-state index is -0.0658. The van der Waals surface area contributed by atoms with Gasteiger partial charge in [-0.1, -0.05) is 164 Å². The molecule has 0 radical (unpaired) electrons. The Balaban J connectivity index is 1.36. The average Bonchev–Trinajstić information content (AvgIpc) is 3.60. The second kappa shape index (κ2) is 11.1. The third-order valence-corrected chi connectivity index (χ3v) is 9.73. The highest BCUT2D eigenvalue weighted by molar-refractivity contribution is 6.27. The molecule has 9 aromatic carbocycles. The molecule has 10 aromatic rings. The van der Waals surface area contributed by atoms with E-state index in [0.717, 1.165) is 76.5 Å². The Hall–Kier alpha value is -6.44. The zero-order valence-electron chi connectivity index (χ0n) is 30.4. The number of furan rings is 1. The van der Waals surface area contributed by atoms with Gasteiger partial charge in [-0.05, 0) is 89.6 Å². The monoisotopic (exact) mass is 626 g/mol. The van der Waals surface area contributed by atoms with Crippen LogP contribution < -0.4 is 0 Å². The lowest BCUT2D eigenvalue weighted by molar-refractivity contribution is 0.673. The zero-order chi connectivity index (χ0) is 35.8. The first-order valence-electron chi connectivity index (χ1n) is 18.5. The van der Waals surface area contributed by atoms with Gasteiger partial charge in [0.25, 0.3) is 0 Å². The molecule has 10 rings (SSSR count). The second-order valence-corrected chi connectivity index (χ2v) is 12.5. The maximum absolute atomic E-state index is 9.49. The Kier molecular flexibility index (Phi) is 5.38. The molecule has 0 N–H and O–H groups in total. The summed E-state index contributed by atoms with van der Waals surface area (Å²) in [5.74, 6) is 0. The van der Waals surface area contributed by atoms with Gasteiger partial charge in [-0.25, -0.2) is 0 Å². The fourth-order valence-electron chi connectivity index (χ4n) is 7.50. The largest absolute Gasteiger partial charge is 0.455 e. The topological polar surface area (TPSA) is 13.1 Å². The third-order valence-electron chi connectivity index (χ3n) is 9.73. The molecule has 0 fully saturated rings. The molecule has 0 spiro atoms. The fourth-order valence-corrected chi connectivity index (χ4v) is 7.50. The van der Waals surface area contributed by atoms with Crippen LogP contribution in [0.15, 0.2) is 186 Å². The normalized spacial score (nSPS) is 12.8. The predicted molar refractivity (Wildman–Crippen MR) is 208 cm³/mol. The highest BCUT2D eigenvalue weighted by atomic mass is 16.3. The summed E-state index contributed by atoms with van der Waals surface area (Å²) >= 11 is 0. The van der Waals surface area contributed by atoms with E-state index in [1.165, 1.54) is 0 Å². The molecule has 228 valence electrons. The van der Waals surface area contributed by atoms with Crippen LogP contribution >= 0.6 is 0 Å². The molecule has 1 aromatic heterocycles. The predicted octanol–water partition coefficient (Wildman–Crippen LogP) is 13.7. The quantitative estimate of drug-likeness (QED) is 0.177. The summed E-state index contributed by atoms with van der Waals surface area (Å²) in [5.41, 5.74) is 7.66. The van der Waals surface area contributed by atoms with Crippen LogP contribution in [0.1, 0.15) is 5.48 Å². The van der Waals surface area contributed by atoms with Crippen molar-refractivity contribution in [2.45, 2.75) is 0 Å². The molecule has 49 heavy (non-hydrogen) atoms. The van der Waals surface area contributed by atoms with E-state index < -0.39 is 0 Å². The minimum absolute atomic E-state index is 0.0606. The lowest BCUT2D eigenvalue weighted by Crippen LogP contribution is -1.92. The van der Waals surface area contributed by atoms with Gasteiger partial charge in [-0.3, -0.25) is 0 Å². The van der Waals surface area contributed by atoms with Crippen molar-refractivity contribution in [2.24, 2.45) is 0 Å². The van der Waals surface area contributed by atoms with Gasteiger partial charge < -0.3 is 4.42 Å². The Morgan fingerprint density at radius 1 is 0.367 bits per heavy atom. The molecule has 0 aliphatic rings. The molecule has 1 heterocycles. The van der Waals surface area contributed by atoms with Gasteiger partial charge in [0.1, 0.15) is 11.2 Å². The van der Waals surface area contributed by atoms with Gasteiger partial charge >= 0.3 is 0 Å². The highest BCUT2D eigenvalue weighted by Gasteiger charge is 2.21. The van der Waals surface area contributed by atoms with Crippen molar-refractivity contribution in [1.29, 1.82) is 0 Å². The van der Waals surface area contributed by atoms with E-state index >= 15 is 0 Å². The van der Waals surface area contributed by atoms with E-state index in [2.05, 4.69) is 66.7 Å². The first-order valence-corrected chi connectivity index (χ1v) is 16.5. The first-order chi connectivity index (χ1) is 26.0. The van der Waals surface area contributed by atoms with E-state index in [1.54, 1.807) is 0 Å². The molecule has 0 saturated heterocycles. The van der Waals surface area contributed by atoms with E-state index in [0.29, 0.717) is 16.7 Å². The number of fused-ring (bicyclic) bond motifs is 7. The smallest absolute Gasteiger partial charge is 0.143 e. The van der Waals surface area contributed by atoms with E-state index in [-0.39, 0.29) is 29.7 Å². The van der Waals surface area contributed by atoms with Gasteiger partial charge in [0, 0.05) is 16.2 Å². The Morgan fingerprint density at radius 2 is 0.959 bits per heavy atom. The van der Waals surface area contributed by atoms with Crippen molar-refractivity contribution in [1.82, 2.24) is 0 Å². The fraction of sp³-hybridized carbons (Fsp3) is 0. The molecular formula is C48H30O. The lowest BCUT2D eigenvalue weighted by atomic mass is 9.83. The van der Waals surface area contributed by atoms with Crippen LogP contribution in [0.25, 0.3) is 98.8 Å². The van der Waals surface area contributed by atoms with Crippen LogP contribution in [0.5, 0.6) is 0 Å². The minimum Gasteiger partial charge on any atom is -0.455 e. The summed E-state index contributed by atoms with van der Waals surface area (Å²) in [5, 5.41) is 7.84. The molecule has 0 saturated carbocycles. The van der Waals surface area contributed by atoms with Crippen LogP contribution in [-0.4, -0.2) is 0 Å². The summed E-state index contributed by atoms with van der Waals surface area (Å²) in [4.78, 5) is 0. The van der Waals surface area contributed by atoms with Crippen LogP contribution in [0, 0.1) is 0 Å². The summed E-state index contributed by atoms with van der Waals surface area (Å²) in [6, 6.07) is 52.6. The molecule has 0 aliphatic carbocycles. The first kappa shape index (κ1) is 23.8. The van der Waals surface area contributed by atoms with Crippen LogP contribution in [0.3, 0.4) is 0 Å². The molecule has 0 unspecified atom stereocenters. The lowest BCUT2D eigenvalue weighted by Gasteiger charge is -2.19. The van der Waals surface area contributed by atoms with E-state index in [1.807, 2.05) is 91.0 Å². The maximum Gasteiger partial charge on any atom is 0.143 e. The number of hydrogen-bond donors (Lipinski definition) is 0. The Morgan fingerprint density at radius 3 is 1.71 bits per heavy atom. The maximum atomic E-state index is 9.49. The summed E-state index contributed by atoms with van der Waals surface area (Å²) in [6.45, 7) is 0. The van der Waals surface area contributed by atoms with E-state index in [4.69, 9.17) is 4.42 Å². The Bertz CT molecular complexity index is 3060. The number of rotatable bonds is 4. The van der Waals surface area contributed by atoms with Gasteiger partial charge in [0.05, 0.1) is 5.48 Å². The Labute approximate surface area is 289 Å². The number of hydrogen-bond acceptors (Lipinski definition) is 1. The van der Waals surface area contributed by atoms with Crippen LogP contribution in [0.2, 0.25) is 0 Å². The average molecular weight is 627 g/mol. The summed E-state index contributed by atoms with van der Waals surface area (Å²) in [7, 11) is 0. The molecule has 1 nitrogen and oxygen atoms in total. The van der Waals surface area contributed by atoms with Crippen molar-refractivity contribution >= 4 is 54.3 Å². The van der Waals surface area contributed by atoms with Crippen molar-refractivity contribution in [2.75, 3.05) is 0 Å². The van der Waals surface area contributed by atoms with Crippen molar-refractivity contribution in [3.63, 3.8) is 0 Å². The molecule has 1 heteroatoms. The molecule has 0 bridgehead atoms. The van der Waals surface area contributed by atoms with Gasteiger partial charge in [-0.2, -0.15) is 0 Å². The van der Waals surface area contributed by atoms with Crippen LogP contribution in [0.4, 0.5) is 0 Å². The van der Waals surface area contributed by atoms with Gasteiger partial charge in [0.15, 0.2) is 0 Å². The summed E-state index contributed by atoms with van der Waals surface area (Å²) < 4.78 is 44.1. The van der Waals surface area contributed by atoms with Gasteiger partial charge in [0.2, 0.25) is 0 Å². The van der Waals surface area contributed by atoms with Crippen molar-refractivity contribution in [3.05, 3.63) is 182 Å². The molecule has 0 atom stereocenters. The van der Waals surface area contributed by atoms with E-state index in [9.17, 15) is 5.48 Å². The van der Waals surface area contributed by atoms with Crippen LogP contribution in [-0.2, 0) is 0 Å². The van der Waals surface area contributed by atoms with Crippen molar-refractivity contribution < 1.29 is 9.90 Å². The summed E-state index contributed by atoms with van der Waals surface area (Å²) in [6.07, 6.45) is 0. The molecule has 0 amide bonds. The highest BCUT2D eigenvalue weighted by Crippen LogP contribution is 2.48. The van der Waals surface area contributed by atoms with Gasteiger partial charge in [-0.15, -0.1) is 0 Å². The second-order valence-electron chi connectivity index (χ2n) is 12.5. The molecular weight excluding hydrogens is 593 g/mol. The standard InChI is InChI=1S/C48H30O/c1-3-12-31(13-4-1)33-22-24-35(25-23-33)45-38-18-9-10-19-39(38)46(40-28-27-36(30-43(40)45)32-14-5-2-6-15-32)41-20-11-21-44-47(41)42-29-26-34-16-7-8-17-37(34)48(42)49-44/h1-30H/i22D,23D,24D,25D. The molecule has 0 aliphatic heterocycles. The SMILES string of the molecule is [2H]c1c([2H])c(-c2c3ccccc3c(-c3cccc4oc5c6ccccc6ccc5c34)c3ccc(-c4ccccc4)cc23)c([2H])c([2H])c1-c1ccccc1. The number of benzene rings is 9. The zero-order valence-corrected chi connectivity index (χ0v) is 26.4.